The number of nitrogens with one attached hydrogen (secondary N) is 3. The number of halogens is 3. The summed E-state index contributed by atoms with van der Waals surface area (Å²) in [6.45, 7) is 2.80. The van der Waals surface area contributed by atoms with Gasteiger partial charge in [-0.3, -0.25) is 14.5 Å². The molecule has 3 aromatic rings. The summed E-state index contributed by atoms with van der Waals surface area (Å²) in [5.74, 6) is -1.79. The third-order valence-electron chi connectivity index (χ3n) is 4.69. The Morgan fingerprint density at radius 1 is 1.11 bits per heavy atom. The van der Waals surface area contributed by atoms with Crippen LogP contribution in [-0.2, 0) is 22.7 Å². The van der Waals surface area contributed by atoms with Crippen LogP contribution in [0.25, 0.3) is 0 Å². The van der Waals surface area contributed by atoms with E-state index in [0.29, 0.717) is 17.4 Å². The second-order valence-corrected chi connectivity index (χ2v) is 9.19. The number of benzene rings is 1. The van der Waals surface area contributed by atoms with E-state index >= 15 is 0 Å². The molecule has 0 fully saturated rings. The maximum Gasteiger partial charge on any atom is 0.421 e. The number of carbonyl (C=O) groups excluding carboxylic acids is 1. The van der Waals surface area contributed by atoms with Gasteiger partial charge in [0.15, 0.2) is 5.82 Å². The van der Waals surface area contributed by atoms with Gasteiger partial charge < -0.3 is 16.4 Å². The molecule has 0 aliphatic carbocycles. The van der Waals surface area contributed by atoms with Gasteiger partial charge in [-0.2, -0.15) is 18.2 Å². The number of rotatable bonds is 9. The molecule has 2 heterocycles. The lowest BCUT2D eigenvalue weighted by atomic mass is 10.1. The van der Waals surface area contributed by atoms with Crippen LogP contribution in [0.4, 0.5) is 36.4 Å². The van der Waals surface area contributed by atoms with Crippen molar-refractivity contribution in [1.29, 1.82) is 0 Å². The smallest absolute Gasteiger partial charge is 0.366 e. The average Bonchev–Trinajstić information content (AvgIpc) is 2.79. The van der Waals surface area contributed by atoms with Crippen LogP contribution >= 0.6 is 0 Å². The molecule has 11 nitrogen and oxygen atoms in total. The molecule has 0 unspecified atom stereocenters. The molecular formula is C20H21F3N8O3S. The van der Waals surface area contributed by atoms with E-state index in [1.807, 2.05) is 0 Å². The number of amides is 1. The number of primary amides is 1. The van der Waals surface area contributed by atoms with Crippen molar-refractivity contribution < 1.29 is 26.4 Å². The summed E-state index contributed by atoms with van der Waals surface area (Å²) in [7, 11) is -3.69. The lowest BCUT2D eigenvalue weighted by molar-refractivity contribution is -0.137. The van der Waals surface area contributed by atoms with Crippen LogP contribution in [0.2, 0.25) is 0 Å². The Morgan fingerprint density at radius 2 is 1.83 bits per heavy atom. The number of carbonyl (C=O) groups is 1. The van der Waals surface area contributed by atoms with E-state index in [2.05, 4.69) is 35.3 Å². The van der Waals surface area contributed by atoms with E-state index in [4.69, 9.17) is 5.73 Å². The summed E-state index contributed by atoms with van der Waals surface area (Å²) in [5.41, 5.74) is 5.42. The summed E-state index contributed by atoms with van der Waals surface area (Å²) in [5, 5.41) is 5.31. The minimum Gasteiger partial charge on any atom is -0.366 e. The van der Waals surface area contributed by atoms with Crippen molar-refractivity contribution >= 4 is 39.2 Å². The fourth-order valence-electron chi connectivity index (χ4n) is 2.78. The van der Waals surface area contributed by atoms with Gasteiger partial charge in [-0.1, -0.05) is 6.07 Å². The van der Waals surface area contributed by atoms with E-state index in [0.717, 1.165) is 0 Å². The molecule has 0 radical (unpaired) electrons. The third-order valence-corrected chi connectivity index (χ3v) is 5.96. The van der Waals surface area contributed by atoms with Crippen LogP contribution in [0.3, 0.4) is 0 Å². The summed E-state index contributed by atoms with van der Waals surface area (Å²) < 4.78 is 66.7. The van der Waals surface area contributed by atoms with E-state index < -0.39 is 33.5 Å². The lowest BCUT2D eigenvalue weighted by Gasteiger charge is -2.16. The number of aryl methyl sites for hydroxylation is 1. The fraction of sp³-hybridized carbons (Fsp3) is 0.250. The second kappa shape index (κ2) is 10.1. The first kappa shape index (κ1) is 25.6. The zero-order valence-corrected chi connectivity index (χ0v) is 19.3. The van der Waals surface area contributed by atoms with Crippen molar-refractivity contribution in [2.24, 2.45) is 5.73 Å². The van der Waals surface area contributed by atoms with Crippen LogP contribution < -0.4 is 21.1 Å². The maximum atomic E-state index is 13.6. The van der Waals surface area contributed by atoms with Crippen molar-refractivity contribution in [3.63, 3.8) is 0 Å². The van der Waals surface area contributed by atoms with Crippen molar-refractivity contribution in [3.05, 3.63) is 59.2 Å². The van der Waals surface area contributed by atoms with Crippen LogP contribution in [0.5, 0.6) is 0 Å². The number of aromatic nitrogens is 4. The predicted octanol–water partition coefficient (Wildman–Crippen LogP) is 2.81. The highest BCUT2D eigenvalue weighted by molar-refractivity contribution is 7.92. The Labute approximate surface area is 198 Å². The maximum absolute atomic E-state index is 13.6. The van der Waals surface area contributed by atoms with Crippen molar-refractivity contribution in [2.45, 2.75) is 26.6 Å². The quantitative estimate of drug-likeness (QED) is 0.339. The molecule has 0 aliphatic rings. The predicted molar refractivity (Wildman–Crippen MR) is 122 cm³/mol. The normalized spacial score (nSPS) is 11.7. The number of anilines is 4. The molecule has 35 heavy (non-hydrogen) atoms. The average molecular weight is 511 g/mol. The van der Waals surface area contributed by atoms with E-state index in [1.165, 1.54) is 31.5 Å². The van der Waals surface area contributed by atoms with Crippen LogP contribution in [0.15, 0.2) is 36.8 Å². The Kier molecular flexibility index (Phi) is 7.38. The van der Waals surface area contributed by atoms with Gasteiger partial charge in [0.25, 0.3) is 0 Å². The molecule has 0 saturated carbocycles. The topological polar surface area (TPSA) is 165 Å². The first-order valence-corrected chi connectivity index (χ1v) is 11.7. The Balaban J connectivity index is 1.92. The highest BCUT2D eigenvalue weighted by atomic mass is 32.2. The SMILES string of the molecule is CCS(=O)(=O)Nc1nccnc1CNc1nc(Nc2cc(C(N)=O)ccc2C)ncc1C(F)(F)F. The van der Waals surface area contributed by atoms with Gasteiger partial charge in [-0.25, -0.2) is 18.4 Å². The van der Waals surface area contributed by atoms with Gasteiger partial charge in [0, 0.05) is 29.8 Å². The van der Waals surface area contributed by atoms with Gasteiger partial charge >= 0.3 is 6.18 Å². The summed E-state index contributed by atoms with van der Waals surface area (Å²) in [6.07, 6.45) is -1.67. The molecule has 15 heteroatoms. The van der Waals surface area contributed by atoms with E-state index in [1.54, 1.807) is 13.0 Å². The minimum atomic E-state index is -4.78. The second-order valence-electron chi connectivity index (χ2n) is 7.18. The number of sulfonamides is 1. The first-order chi connectivity index (χ1) is 16.4. The molecule has 0 bridgehead atoms. The van der Waals surface area contributed by atoms with Crippen molar-refractivity contribution in [2.75, 3.05) is 21.1 Å². The molecule has 0 aliphatic heterocycles. The van der Waals surface area contributed by atoms with E-state index in [9.17, 15) is 26.4 Å². The van der Waals surface area contributed by atoms with Crippen molar-refractivity contribution in [1.82, 2.24) is 19.9 Å². The molecule has 2 aromatic heterocycles. The number of nitrogens with two attached hydrogens (primary N) is 1. The number of alkyl halides is 3. The van der Waals surface area contributed by atoms with Gasteiger partial charge in [0.2, 0.25) is 21.9 Å². The molecule has 3 rings (SSSR count). The standard InChI is InChI=1S/C20H21F3N8O3S/c1-3-35(33,34)31-18-15(25-6-7-26-18)10-27-17-13(20(21,22)23)9-28-19(30-17)29-14-8-12(16(24)32)5-4-11(14)2/h4-9H,3,10H2,1-2H3,(H2,24,32)(H,26,31)(H2,27,28,29,30). The highest BCUT2D eigenvalue weighted by Gasteiger charge is 2.35. The van der Waals surface area contributed by atoms with Gasteiger partial charge in [-0.05, 0) is 31.5 Å². The van der Waals surface area contributed by atoms with Gasteiger partial charge in [0.1, 0.15) is 17.1 Å². The molecule has 5 N–H and O–H groups in total. The Bertz CT molecular complexity index is 1350. The molecular weight excluding hydrogens is 489 g/mol. The third kappa shape index (κ3) is 6.53. The molecule has 0 spiro atoms. The molecule has 0 saturated heterocycles. The number of hydrogen-bond acceptors (Lipinski definition) is 9. The van der Waals surface area contributed by atoms with Crippen LogP contribution in [-0.4, -0.2) is 40.0 Å². The highest BCUT2D eigenvalue weighted by Crippen LogP contribution is 2.34. The summed E-state index contributed by atoms with van der Waals surface area (Å²) in [6, 6.07) is 4.55. The molecule has 1 amide bonds. The van der Waals surface area contributed by atoms with Crippen LogP contribution in [0.1, 0.15) is 34.1 Å². The largest absolute Gasteiger partial charge is 0.421 e. The Morgan fingerprint density at radius 3 is 2.49 bits per heavy atom. The number of hydrogen-bond donors (Lipinski definition) is 4. The van der Waals surface area contributed by atoms with Crippen molar-refractivity contribution in [3.8, 4) is 0 Å². The zero-order chi connectivity index (χ0) is 25.8. The van der Waals surface area contributed by atoms with Gasteiger partial charge in [0.05, 0.1) is 12.3 Å². The fourth-order valence-corrected chi connectivity index (χ4v) is 3.39. The molecule has 1 aromatic carbocycles. The summed E-state index contributed by atoms with van der Waals surface area (Å²) >= 11 is 0. The monoisotopic (exact) mass is 510 g/mol. The van der Waals surface area contributed by atoms with Gasteiger partial charge in [-0.15, -0.1) is 0 Å². The number of nitrogens with zero attached hydrogens (tertiary/aromatic N) is 4. The van der Waals surface area contributed by atoms with E-state index in [-0.39, 0.29) is 35.3 Å². The molecule has 186 valence electrons. The molecule has 0 atom stereocenters. The Hall–Kier alpha value is -4.01. The van der Waals surface area contributed by atoms with Crippen LogP contribution in [0, 0.1) is 6.92 Å². The zero-order valence-electron chi connectivity index (χ0n) is 18.5. The lowest BCUT2D eigenvalue weighted by Crippen LogP contribution is -2.19. The first-order valence-electron chi connectivity index (χ1n) is 10.1. The summed E-state index contributed by atoms with van der Waals surface area (Å²) in [4.78, 5) is 27.0. The minimum absolute atomic E-state index is 0.0516.